The number of carbonyl (C=O) groups excluding carboxylic acids is 2. The van der Waals surface area contributed by atoms with E-state index >= 15 is 0 Å². The lowest BCUT2D eigenvalue weighted by Gasteiger charge is -2.19. The molecule has 0 aliphatic carbocycles. The fourth-order valence-corrected chi connectivity index (χ4v) is 2.05. The Morgan fingerprint density at radius 3 is 2.74 bits per heavy atom. The smallest absolute Gasteiger partial charge is 0.411 e. The first-order valence-corrected chi connectivity index (χ1v) is 5.99. The second-order valence-corrected chi connectivity index (χ2v) is 4.15. The molecule has 1 aliphatic rings. The van der Waals surface area contributed by atoms with E-state index in [2.05, 4.69) is 10.1 Å². The zero-order chi connectivity index (χ0) is 13.8. The number of benzene rings is 1. The van der Waals surface area contributed by atoms with Crippen molar-refractivity contribution in [1.29, 1.82) is 0 Å². The van der Waals surface area contributed by atoms with Gasteiger partial charge in [-0.1, -0.05) is 0 Å². The molecule has 2 amide bonds. The van der Waals surface area contributed by atoms with E-state index in [0.29, 0.717) is 24.4 Å². The van der Waals surface area contributed by atoms with Crippen LogP contribution in [0.2, 0.25) is 0 Å². The predicted octanol–water partition coefficient (Wildman–Crippen LogP) is 2.00. The van der Waals surface area contributed by atoms with E-state index in [4.69, 9.17) is 4.74 Å². The van der Waals surface area contributed by atoms with Crippen molar-refractivity contribution in [3.8, 4) is 5.75 Å². The van der Waals surface area contributed by atoms with Crippen LogP contribution in [0, 0.1) is 0 Å². The highest BCUT2D eigenvalue weighted by Crippen LogP contribution is 2.33. The van der Waals surface area contributed by atoms with Gasteiger partial charge in [-0.15, -0.1) is 0 Å². The van der Waals surface area contributed by atoms with Gasteiger partial charge in [0.15, 0.2) is 0 Å². The van der Waals surface area contributed by atoms with Crippen LogP contribution in [0.25, 0.3) is 0 Å². The molecule has 1 saturated heterocycles. The number of amides is 2. The highest BCUT2D eigenvalue weighted by Gasteiger charge is 2.24. The summed E-state index contributed by atoms with van der Waals surface area (Å²) in [7, 11) is 2.82. The summed E-state index contributed by atoms with van der Waals surface area (Å²) in [5, 5.41) is 2.55. The number of carbonyl (C=O) groups is 2. The van der Waals surface area contributed by atoms with Crippen LogP contribution in [0.1, 0.15) is 12.8 Å². The van der Waals surface area contributed by atoms with Gasteiger partial charge in [-0.2, -0.15) is 0 Å². The van der Waals surface area contributed by atoms with E-state index in [9.17, 15) is 9.59 Å². The molecule has 0 spiro atoms. The summed E-state index contributed by atoms with van der Waals surface area (Å²) in [5.41, 5.74) is 1.28. The Hall–Kier alpha value is -2.24. The van der Waals surface area contributed by atoms with E-state index in [1.165, 1.54) is 14.2 Å². The van der Waals surface area contributed by atoms with Crippen molar-refractivity contribution in [3.05, 3.63) is 18.2 Å². The van der Waals surface area contributed by atoms with Gasteiger partial charge in [0.05, 0.1) is 19.9 Å². The molecule has 0 saturated carbocycles. The highest BCUT2D eigenvalue weighted by molar-refractivity contribution is 5.97. The van der Waals surface area contributed by atoms with Gasteiger partial charge in [0.2, 0.25) is 5.91 Å². The Balaban J connectivity index is 2.26. The molecule has 0 unspecified atom stereocenters. The van der Waals surface area contributed by atoms with Gasteiger partial charge in [0.25, 0.3) is 0 Å². The summed E-state index contributed by atoms with van der Waals surface area (Å²) < 4.78 is 9.80. The van der Waals surface area contributed by atoms with E-state index in [1.807, 2.05) is 0 Å². The minimum Gasteiger partial charge on any atom is -0.494 e. The summed E-state index contributed by atoms with van der Waals surface area (Å²) in [6.07, 6.45) is 0.863. The van der Waals surface area contributed by atoms with Gasteiger partial charge in [0, 0.05) is 24.7 Å². The van der Waals surface area contributed by atoms with Gasteiger partial charge >= 0.3 is 6.09 Å². The van der Waals surface area contributed by atoms with Crippen LogP contribution in [0.3, 0.4) is 0 Å². The zero-order valence-corrected chi connectivity index (χ0v) is 10.9. The van der Waals surface area contributed by atoms with E-state index in [1.54, 1.807) is 23.1 Å². The van der Waals surface area contributed by atoms with Crippen molar-refractivity contribution < 1.29 is 19.1 Å². The number of hydrogen-bond acceptors (Lipinski definition) is 4. The predicted molar refractivity (Wildman–Crippen MR) is 70.6 cm³/mol. The molecule has 0 aromatic heterocycles. The van der Waals surface area contributed by atoms with Crippen LogP contribution in [-0.2, 0) is 9.53 Å². The maximum Gasteiger partial charge on any atom is 0.411 e. The molecule has 1 aromatic rings. The molecule has 1 N–H and O–H groups in total. The lowest BCUT2D eigenvalue weighted by atomic mass is 10.2. The molecule has 1 aromatic carbocycles. The number of methoxy groups -OCH3 is 2. The van der Waals surface area contributed by atoms with Gasteiger partial charge in [-0.25, -0.2) is 4.79 Å². The van der Waals surface area contributed by atoms with Crippen LogP contribution in [0.15, 0.2) is 18.2 Å². The molecule has 6 nitrogen and oxygen atoms in total. The fraction of sp³-hybridized carbons (Fsp3) is 0.385. The molecular formula is C13H16N2O4. The quantitative estimate of drug-likeness (QED) is 0.906. The fourth-order valence-electron chi connectivity index (χ4n) is 2.05. The molecule has 0 atom stereocenters. The molecule has 1 heterocycles. The maximum absolute atomic E-state index is 11.7. The first kappa shape index (κ1) is 13.2. The van der Waals surface area contributed by atoms with Crippen molar-refractivity contribution in [2.75, 3.05) is 31.0 Å². The third-order valence-electron chi connectivity index (χ3n) is 2.98. The molecule has 19 heavy (non-hydrogen) atoms. The van der Waals surface area contributed by atoms with Crippen molar-refractivity contribution in [2.24, 2.45) is 0 Å². The zero-order valence-electron chi connectivity index (χ0n) is 10.9. The Morgan fingerprint density at radius 2 is 2.16 bits per heavy atom. The van der Waals surface area contributed by atoms with Crippen LogP contribution in [0.5, 0.6) is 5.75 Å². The average molecular weight is 264 g/mol. The lowest BCUT2D eigenvalue weighted by molar-refractivity contribution is -0.117. The standard InChI is InChI=1S/C13H16N2O4/c1-18-11-8-9(14-13(17)19-2)5-6-10(11)15-7-3-4-12(15)16/h5-6,8H,3-4,7H2,1-2H3,(H,14,17). The van der Waals surface area contributed by atoms with Crippen molar-refractivity contribution >= 4 is 23.4 Å². The molecule has 2 rings (SSSR count). The van der Waals surface area contributed by atoms with Gasteiger partial charge in [-0.05, 0) is 18.6 Å². The van der Waals surface area contributed by atoms with Gasteiger partial charge in [0.1, 0.15) is 5.75 Å². The summed E-state index contributed by atoms with van der Waals surface area (Å²) >= 11 is 0. The largest absolute Gasteiger partial charge is 0.494 e. The van der Waals surface area contributed by atoms with Crippen LogP contribution in [-0.4, -0.2) is 32.8 Å². The summed E-state index contributed by atoms with van der Waals surface area (Å²) in [6.45, 7) is 0.693. The van der Waals surface area contributed by atoms with Gasteiger partial charge < -0.3 is 14.4 Å². The SMILES string of the molecule is COC(=O)Nc1ccc(N2CCCC2=O)c(OC)c1. The molecule has 0 bridgehead atoms. The number of nitrogens with one attached hydrogen (secondary N) is 1. The normalized spacial score (nSPS) is 14.4. The van der Waals surface area contributed by atoms with Crippen LogP contribution < -0.4 is 15.0 Å². The van der Waals surface area contributed by atoms with Crippen molar-refractivity contribution in [3.63, 3.8) is 0 Å². The minimum absolute atomic E-state index is 0.0898. The Kier molecular flexibility index (Phi) is 3.89. The van der Waals surface area contributed by atoms with Crippen LogP contribution >= 0.6 is 0 Å². The number of hydrogen-bond donors (Lipinski definition) is 1. The first-order valence-electron chi connectivity index (χ1n) is 5.99. The summed E-state index contributed by atoms with van der Waals surface area (Å²) in [4.78, 5) is 24.6. The van der Waals surface area contributed by atoms with Crippen molar-refractivity contribution in [2.45, 2.75) is 12.8 Å². The molecule has 1 fully saturated rings. The van der Waals surface area contributed by atoms with Crippen molar-refractivity contribution in [1.82, 2.24) is 0 Å². The molecule has 102 valence electrons. The summed E-state index contributed by atoms with van der Waals surface area (Å²) in [5.74, 6) is 0.635. The Labute approximate surface area is 111 Å². The number of rotatable bonds is 3. The lowest BCUT2D eigenvalue weighted by Crippen LogP contribution is -2.24. The Bertz CT molecular complexity index is 501. The highest BCUT2D eigenvalue weighted by atomic mass is 16.5. The topological polar surface area (TPSA) is 67.9 Å². The van der Waals surface area contributed by atoms with E-state index in [-0.39, 0.29) is 5.91 Å². The number of nitrogens with zero attached hydrogens (tertiary/aromatic N) is 1. The van der Waals surface area contributed by atoms with Gasteiger partial charge in [-0.3, -0.25) is 10.1 Å². The second kappa shape index (κ2) is 5.60. The second-order valence-electron chi connectivity index (χ2n) is 4.15. The number of anilines is 2. The molecule has 6 heteroatoms. The third-order valence-corrected chi connectivity index (χ3v) is 2.98. The van der Waals surface area contributed by atoms with E-state index in [0.717, 1.165) is 12.1 Å². The first-order chi connectivity index (χ1) is 9.15. The molecular weight excluding hydrogens is 248 g/mol. The third kappa shape index (κ3) is 2.78. The maximum atomic E-state index is 11.7. The van der Waals surface area contributed by atoms with E-state index < -0.39 is 6.09 Å². The minimum atomic E-state index is -0.549. The number of ether oxygens (including phenoxy) is 2. The summed E-state index contributed by atoms with van der Waals surface area (Å²) in [6, 6.07) is 5.13. The molecule has 1 aliphatic heterocycles. The molecule has 0 radical (unpaired) electrons. The van der Waals surface area contributed by atoms with Crippen LogP contribution in [0.4, 0.5) is 16.2 Å². The Morgan fingerprint density at radius 1 is 1.37 bits per heavy atom. The average Bonchev–Trinajstić information content (AvgIpc) is 2.84. The monoisotopic (exact) mass is 264 g/mol.